The minimum Gasteiger partial charge on any atom is -0.399 e. The number of nitrogen functional groups attached to an aromatic ring is 1. The highest BCUT2D eigenvalue weighted by Crippen LogP contribution is 2.45. The number of carbonyl (C=O) groups excluding carboxylic acids is 1. The largest absolute Gasteiger partial charge is 0.399 e. The van der Waals surface area contributed by atoms with E-state index in [1.54, 1.807) is 6.92 Å². The normalized spacial score (nSPS) is 17.5. The van der Waals surface area contributed by atoms with Crippen molar-refractivity contribution in [2.75, 3.05) is 5.73 Å². The molecule has 1 amide bonds. The number of hydrogen-bond acceptors (Lipinski definition) is 2. The van der Waals surface area contributed by atoms with Crippen molar-refractivity contribution in [3.63, 3.8) is 0 Å². The molecule has 0 saturated heterocycles. The lowest BCUT2D eigenvalue weighted by Crippen LogP contribution is -2.32. The second kappa shape index (κ2) is 3.01. The molecular formula is C11H14N2O. The summed E-state index contributed by atoms with van der Waals surface area (Å²) in [5.74, 6) is 0.0272. The van der Waals surface area contributed by atoms with Crippen LogP contribution in [0.5, 0.6) is 0 Å². The summed E-state index contributed by atoms with van der Waals surface area (Å²) in [7, 11) is 0. The van der Waals surface area contributed by atoms with E-state index in [0.29, 0.717) is 0 Å². The number of nitrogens with one attached hydrogen (secondary N) is 1. The average Bonchev–Trinajstić information content (AvgIpc) is 2.85. The lowest BCUT2D eigenvalue weighted by Gasteiger charge is -2.16. The second-order valence-corrected chi connectivity index (χ2v) is 3.89. The zero-order chi connectivity index (χ0) is 10.2. The van der Waals surface area contributed by atoms with Crippen LogP contribution in [-0.2, 0) is 10.3 Å². The third-order valence-corrected chi connectivity index (χ3v) is 2.63. The van der Waals surface area contributed by atoms with Gasteiger partial charge in [0.1, 0.15) is 0 Å². The van der Waals surface area contributed by atoms with Crippen LogP contribution in [0.4, 0.5) is 5.69 Å². The van der Waals surface area contributed by atoms with Crippen molar-refractivity contribution in [2.45, 2.75) is 25.3 Å². The van der Waals surface area contributed by atoms with Crippen molar-refractivity contribution in [3.8, 4) is 0 Å². The molecule has 2 rings (SSSR count). The molecule has 0 radical (unpaired) electrons. The molecule has 0 bridgehead atoms. The summed E-state index contributed by atoms with van der Waals surface area (Å²) < 4.78 is 0. The predicted octanol–water partition coefficient (Wildman–Crippen LogP) is 1.39. The Morgan fingerprint density at radius 3 is 2.36 bits per heavy atom. The van der Waals surface area contributed by atoms with Crippen molar-refractivity contribution >= 4 is 11.6 Å². The Labute approximate surface area is 83.3 Å². The highest BCUT2D eigenvalue weighted by molar-refractivity contribution is 5.74. The Kier molecular flexibility index (Phi) is 1.95. The van der Waals surface area contributed by atoms with E-state index in [9.17, 15) is 4.79 Å². The van der Waals surface area contributed by atoms with Crippen LogP contribution in [0.1, 0.15) is 25.3 Å². The molecule has 3 nitrogen and oxygen atoms in total. The van der Waals surface area contributed by atoms with E-state index in [-0.39, 0.29) is 11.4 Å². The highest BCUT2D eigenvalue weighted by Gasteiger charge is 2.44. The first-order chi connectivity index (χ1) is 6.62. The van der Waals surface area contributed by atoms with E-state index in [1.807, 2.05) is 24.3 Å². The van der Waals surface area contributed by atoms with Gasteiger partial charge >= 0.3 is 0 Å². The van der Waals surface area contributed by atoms with Gasteiger partial charge in [-0.1, -0.05) is 12.1 Å². The van der Waals surface area contributed by atoms with Crippen LogP contribution in [-0.4, -0.2) is 5.91 Å². The van der Waals surface area contributed by atoms with Gasteiger partial charge in [-0.25, -0.2) is 0 Å². The Hall–Kier alpha value is -1.51. The third kappa shape index (κ3) is 1.58. The molecule has 1 aromatic carbocycles. The van der Waals surface area contributed by atoms with Crippen LogP contribution in [0.3, 0.4) is 0 Å². The van der Waals surface area contributed by atoms with Gasteiger partial charge < -0.3 is 11.1 Å². The molecule has 0 spiro atoms. The zero-order valence-electron chi connectivity index (χ0n) is 8.21. The molecule has 0 aliphatic heterocycles. The van der Waals surface area contributed by atoms with Gasteiger partial charge in [-0.2, -0.15) is 0 Å². The van der Waals surface area contributed by atoms with Crippen molar-refractivity contribution in [2.24, 2.45) is 0 Å². The van der Waals surface area contributed by atoms with E-state index >= 15 is 0 Å². The van der Waals surface area contributed by atoms with Gasteiger partial charge in [-0.3, -0.25) is 4.79 Å². The second-order valence-electron chi connectivity index (χ2n) is 3.89. The maximum absolute atomic E-state index is 11.0. The van der Waals surface area contributed by atoms with Gasteiger partial charge in [0.25, 0.3) is 0 Å². The van der Waals surface area contributed by atoms with Crippen molar-refractivity contribution in [1.29, 1.82) is 0 Å². The Morgan fingerprint density at radius 2 is 1.93 bits per heavy atom. The van der Waals surface area contributed by atoms with Crippen LogP contribution in [0.15, 0.2) is 24.3 Å². The molecule has 1 fully saturated rings. The maximum Gasteiger partial charge on any atom is 0.217 e. The molecular weight excluding hydrogens is 176 g/mol. The molecule has 1 aliphatic carbocycles. The Balaban J connectivity index is 2.22. The summed E-state index contributed by atoms with van der Waals surface area (Å²) >= 11 is 0. The molecule has 1 aromatic rings. The smallest absolute Gasteiger partial charge is 0.217 e. The molecule has 3 heteroatoms. The summed E-state index contributed by atoms with van der Waals surface area (Å²) in [6.07, 6.45) is 2.05. The Bertz CT molecular complexity index is 352. The number of anilines is 1. The number of hydrogen-bond donors (Lipinski definition) is 2. The van der Waals surface area contributed by atoms with Crippen molar-refractivity contribution in [3.05, 3.63) is 29.8 Å². The predicted molar refractivity (Wildman–Crippen MR) is 55.6 cm³/mol. The van der Waals surface area contributed by atoms with Gasteiger partial charge in [0.15, 0.2) is 0 Å². The standard InChI is InChI=1S/C11H14N2O/c1-8(14)13-11(6-7-11)9-2-4-10(12)5-3-9/h2-5H,6-7,12H2,1H3,(H,13,14). The van der Waals surface area contributed by atoms with Crippen LogP contribution in [0, 0.1) is 0 Å². The van der Waals surface area contributed by atoms with E-state index in [1.165, 1.54) is 0 Å². The molecule has 1 saturated carbocycles. The first kappa shape index (κ1) is 9.06. The highest BCUT2D eigenvalue weighted by atomic mass is 16.1. The topological polar surface area (TPSA) is 55.1 Å². The van der Waals surface area contributed by atoms with E-state index in [4.69, 9.17) is 5.73 Å². The monoisotopic (exact) mass is 190 g/mol. The minimum atomic E-state index is -0.0977. The third-order valence-electron chi connectivity index (χ3n) is 2.63. The summed E-state index contributed by atoms with van der Waals surface area (Å²) in [6.45, 7) is 1.55. The van der Waals surface area contributed by atoms with Crippen LogP contribution < -0.4 is 11.1 Å². The van der Waals surface area contributed by atoms with Crippen molar-refractivity contribution < 1.29 is 4.79 Å². The molecule has 0 heterocycles. The maximum atomic E-state index is 11.0. The SMILES string of the molecule is CC(=O)NC1(c2ccc(N)cc2)CC1. The summed E-state index contributed by atoms with van der Waals surface area (Å²) in [6, 6.07) is 7.71. The summed E-state index contributed by atoms with van der Waals surface area (Å²) in [5, 5.41) is 2.99. The Morgan fingerprint density at radius 1 is 1.36 bits per heavy atom. The van der Waals surface area contributed by atoms with E-state index < -0.39 is 0 Å². The molecule has 0 atom stereocenters. The van der Waals surface area contributed by atoms with E-state index in [0.717, 1.165) is 24.1 Å². The van der Waals surface area contributed by atoms with Crippen LogP contribution in [0.25, 0.3) is 0 Å². The lowest BCUT2D eigenvalue weighted by molar-refractivity contribution is -0.120. The fourth-order valence-corrected chi connectivity index (χ4v) is 1.75. The summed E-state index contributed by atoms with van der Waals surface area (Å²) in [4.78, 5) is 11.0. The van der Waals surface area contributed by atoms with Gasteiger partial charge in [0.2, 0.25) is 5.91 Å². The number of benzene rings is 1. The number of amides is 1. The fraction of sp³-hybridized carbons (Fsp3) is 0.364. The minimum absolute atomic E-state index is 0.0272. The molecule has 1 aliphatic rings. The first-order valence-corrected chi connectivity index (χ1v) is 4.77. The first-order valence-electron chi connectivity index (χ1n) is 4.77. The molecule has 0 unspecified atom stereocenters. The quantitative estimate of drug-likeness (QED) is 0.692. The van der Waals surface area contributed by atoms with Gasteiger partial charge in [-0.05, 0) is 30.5 Å². The van der Waals surface area contributed by atoms with Crippen molar-refractivity contribution in [1.82, 2.24) is 5.32 Å². The lowest BCUT2D eigenvalue weighted by atomic mass is 10.0. The molecule has 74 valence electrons. The fourth-order valence-electron chi connectivity index (χ4n) is 1.75. The van der Waals surface area contributed by atoms with Gasteiger partial charge in [0, 0.05) is 12.6 Å². The summed E-state index contributed by atoms with van der Waals surface area (Å²) in [5.41, 5.74) is 7.42. The molecule has 3 N–H and O–H groups in total. The zero-order valence-corrected chi connectivity index (χ0v) is 8.21. The number of rotatable bonds is 2. The van der Waals surface area contributed by atoms with Crippen LogP contribution in [0.2, 0.25) is 0 Å². The van der Waals surface area contributed by atoms with Crippen LogP contribution >= 0.6 is 0 Å². The number of carbonyl (C=O) groups is 1. The number of nitrogens with two attached hydrogens (primary N) is 1. The van der Waals surface area contributed by atoms with E-state index in [2.05, 4.69) is 5.32 Å². The molecule has 0 aromatic heterocycles. The van der Waals surface area contributed by atoms with Gasteiger partial charge in [0.05, 0.1) is 5.54 Å². The molecule has 14 heavy (non-hydrogen) atoms. The average molecular weight is 190 g/mol. The van der Waals surface area contributed by atoms with Gasteiger partial charge in [-0.15, -0.1) is 0 Å².